The van der Waals surface area contributed by atoms with E-state index in [1.54, 1.807) is 0 Å². The van der Waals surface area contributed by atoms with Crippen LogP contribution < -0.4 is 15.4 Å². The summed E-state index contributed by atoms with van der Waals surface area (Å²) in [6.45, 7) is 3.00. The number of ether oxygens (including phenoxy) is 1. The first-order chi connectivity index (χ1) is 15.8. The van der Waals surface area contributed by atoms with E-state index in [9.17, 15) is 18.0 Å². The highest BCUT2D eigenvalue weighted by atomic mass is 19.4. The maximum absolute atomic E-state index is 12.6. The number of amides is 1. The van der Waals surface area contributed by atoms with Crippen LogP contribution in [0.25, 0.3) is 0 Å². The molecule has 1 heterocycles. The number of likely N-dealkylation sites (tertiary alicyclic amines) is 1. The fraction of sp³-hybridized carbons (Fsp3) is 0.480. The maximum Gasteiger partial charge on any atom is 0.390 e. The molecule has 1 aliphatic carbocycles. The average molecular weight is 462 g/mol. The monoisotopic (exact) mass is 461 g/mol. The molecule has 5 nitrogen and oxygen atoms in total. The second-order valence-corrected chi connectivity index (χ2v) is 8.87. The molecule has 0 spiro atoms. The molecule has 3 atom stereocenters. The minimum Gasteiger partial charge on any atom is -0.484 e. The summed E-state index contributed by atoms with van der Waals surface area (Å²) in [5.41, 5.74) is 3.05. The molecule has 0 saturated carbocycles. The van der Waals surface area contributed by atoms with Crippen LogP contribution in [0.3, 0.4) is 0 Å². The van der Waals surface area contributed by atoms with Crippen molar-refractivity contribution in [1.82, 2.24) is 10.2 Å². The molecule has 0 radical (unpaired) electrons. The topological polar surface area (TPSA) is 53.6 Å². The molecule has 8 heteroatoms. The van der Waals surface area contributed by atoms with Gasteiger partial charge in [0.25, 0.3) is 0 Å². The molecule has 0 aromatic heterocycles. The number of nitrogens with zero attached hydrogens (tertiary/aromatic N) is 1. The number of benzene rings is 2. The van der Waals surface area contributed by atoms with Crippen molar-refractivity contribution < 1.29 is 22.7 Å². The van der Waals surface area contributed by atoms with Crippen molar-refractivity contribution in [3.05, 3.63) is 59.7 Å². The van der Waals surface area contributed by atoms with Crippen molar-refractivity contribution in [3.63, 3.8) is 0 Å². The lowest BCUT2D eigenvalue weighted by molar-refractivity contribution is -0.133. The Labute approximate surface area is 192 Å². The molecular weight excluding hydrogens is 431 g/mol. The van der Waals surface area contributed by atoms with Crippen LogP contribution >= 0.6 is 0 Å². The van der Waals surface area contributed by atoms with Gasteiger partial charge in [0.2, 0.25) is 5.91 Å². The first-order valence-corrected chi connectivity index (χ1v) is 11.4. The summed E-state index contributed by atoms with van der Waals surface area (Å²) in [5, 5.41) is 5.88. The summed E-state index contributed by atoms with van der Waals surface area (Å²) in [6.07, 6.45) is -2.50. The van der Waals surface area contributed by atoms with Gasteiger partial charge in [-0.3, -0.25) is 9.69 Å². The number of hydrogen-bond acceptors (Lipinski definition) is 4. The van der Waals surface area contributed by atoms with Crippen molar-refractivity contribution in [3.8, 4) is 5.75 Å². The van der Waals surface area contributed by atoms with Gasteiger partial charge in [-0.2, -0.15) is 13.2 Å². The van der Waals surface area contributed by atoms with E-state index in [1.165, 1.54) is 12.5 Å². The number of halogens is 3. The summed E-state index contributed by atoms with van der Waals surface area (Å²) >= 11 is 0. The molecule has 33 heavy (non-hydrogen) atoms. The van der Waals surface area contributed by atoms with Crippen LogP contribution in [0.15, 0.2) is 48.5 Å². The van der Waals surface area contributed by atoms with E-state index < -0.39 is 12.6 Å². The fourth-order valence-electron chi connectivity index (χ4n) is 4.89. The number of hydrogen-bond donors (Lipinski definition) is 2. The van der Waals surface area contributed by atoms with Gasteiger partial charge >= 0.3 is 6.18 Å². The smallest absolute Gasteiger partial charge is 0.390 e. The van der Waals surface area contributed by atoms with Crippen molar-refractivity contribution in [2.24, 2.45) is 0 Å². The zero-order chi connectivity index (χ0) is 23.4. The predicted octanol–water partition coefficient (Wildman–Crippen LogP) is 4.70. The molecule has 2 aliphatic rings. The Morgan fingerprint density at radius 1 is 1.18 bits per heavy atom. The molecule has 178 valence electrons. The van der Waals surface area contributed by atoms with Crippen molar-refractivity contribution in [2.45, 2.75) is 57.0 Å². The Hall–Kier alpha value is -2.58. The van der Waals surface area contributed by atoms with Gasteiger partial charge in [-0.15, -0.1) is 0 Å². The third-order valence-corrected chi connectivity index (χ3v) is 6.32. The number of alkyl halides is 3. The van der Waals surface area contributed by atoms with Crippen LogP contribution in [-0.4, -0.2) is 48.7 Å². The number of rotatable bonds is 7. The Bertz CT molecular complexity index is 966. The Kier molecular flexibility index (Phi) is 7.24. The van der Waals surface area contributed by atoms with Crippen LogP contribution in [0.4, 0.5) is 18.9 Å². The van der Waals surface area contributed by atoms with E-state index in [4.69, 9.17) is 4.74 Å². The van der Waals surface area contributed by atoms with E-state index in [1.807, 2.05) is 36.4 Å². The first kappa shape index (κ1) is 23.6. The molecular formula is C25H30F3N3O2. The van der Waals surface area contributed by atoms with Gasteiger partial charge in [0.1, 0.15) is 11.9 Å². The van der Waals surface area contributed by atoms with E-state index in [0.717, 1.165) is 31.4 Å². The predicted molar refractivity (Wildman–Crippen MR) is 121 cm³/mol. The standard InChI is InChI=1S/C25H30F3N3O2/c1-17(32)30-19-7-4-9-21(15-19)33-24-22-10-3-2-6-18(22)14-23(24)31-13-5-8-20(16-31)29-12-11-25(26,27)28/h2-4,6-7,9-10,15,20,23-24,29H,5,8,11-14,16H2,1H3,(H,30,32)/t20-,23-,24-/m1/s1. The largest absolute Gasteiger partial charge is 0.484 e. The van der Waals surface area contributed by atoms with Crippen molar-refractivity contribution >= 4 is 11.6 Å². The van der Waals surface area contributed by atoms with E-state index >= 15 is 0 Å². The Balaban J connectivity index is 1.48. The van der Waals surface area contributed by atoms with Gasteiger partial charge in [-0.05, 0) is 49.1 Å². The number of fused-ring (bicyclic) bond motifs is 1. The van der Waals surface area contributed by atoms with Gasteiger partial charge in [0.15, 0.2) is 0 Å². The number of carbonyl (C=O) groups is 1. The van der Waals surface area contributed by atoms with Gasteiger partial charge in [-0.25, -0.2) is 0 Å². The highest BCUT2D eigenvalue weighted by Gasteiger charge is 2.39. The lowest BCUT2D eigenvalue weighted by Crippen LogP contribution is -2.51. The van der Waals surface area contributed by atoms with Gasteiger partial charge in [0, 0.05) is 37.8 Å². The summed E-state index contributed by atoms with van der Waals surface area (Å²) < 4.78 is 44.1. The third kappa shape index (κ3) is 6.26. The molecule has 4 rings (SSSR count). The average Bonchev–Trinajstić information content (AvgIpc) is 3.11. The maximum atomic E-state index is 12.6. The minimum atomic E-state index is -4.14. The molecule has 2 aromatic carbocycles. The summed E-state index contributed by atoms with van der Waals surface area (Å²) in [4.78, 5) is 13.8. The van der Waals surface area contributed by atoms with E-state index in [-0.39, 0.29) is 30.6 Å². The zero-order valence-corrected chi connectivity index (χ0v) is 18.7. The molecule has 1 aliphatic heterocycles. The number of piperidine rings is 1. The zero-order valence-electron chi connectivity index (χ0n) is 18.7. The van der Waals surface area contributed by atoms with Gasteiger partial charge in [0.05, 0.1) is 12.5 Å². The lowest BCUT2D eigenvalue weighted by atomic mass is 10.0. The van der Waals surface area contributed by atoms with Crippen molar-refractivity contribution in [1.29, 1.82) is 0 Å². The van der Waals surface area contributed by atoms with Gasteiger partial charge in [-0.1, -0.05) is 30.3 Å². The minimum absolute atomic E-state index is 0.0357. The molecule has 0 unspecified atom stereocenters. The summed E-state index contributed by atoms with van der Waals surface area (Å²) in [7, 11) is 0. The molecule has 0 bridgehead atoms. The van der Waals surface area contributed by atoms with Crippen LogP contribution in [0.1, 0.15) is 43.4 Å². The number of nitrogens with one attached hydrogen (secondary N) is 2. The molecule has 1 fully saturated rings. The molecule has 2 N–H and O–H groups in total. The third-order valence-electron chi connectivity index (χ3n) is 6.32. The first-order valence-electron chi connectivity index (χ1n) is 11.4. The van der Waals surface area contributed by atoms with Crippen molar-refractivity contribution in [2.75, 3.05) is 25.0 Å². The van der Waals surface area contributed by atoms with Gasteiger partial charge < -0.3 is 15.4 Å². The van der Waals surface area contributed by atoms with Crippen LogP contribution in [0.2, 0.25) is 0 Å². The van der Waals surface area contributed by atoms with Crippen LogP contribution in [0.5, 0.6) is 5.75 Å². The molecule has 1 saturated heterocycles. The van der Waals surface area contributed by atoms with E-state index in [2.05, 4.69) is 27.7 Å². The molecule has 1 amide bonds. The SMILES string of the molecule is CC(=O)Nc1cccc(O[C@@H]2c3ccccc3C[C@H]2N2CCC[C@@H](NCCC(F)(F)F)C2)c1. The van der Waals surface area contributed by atoms with E-state index in [0.29, 0.717) is 18.0 Å². The normalized spacial score (nSPS) is 23.2. The lowest BCUT2D eigenvalue weighted by Gasteiger charge is -2.39. The second kappa shape index (κ2) is 10.1. The van der Waals surface area contributed by atoms with Crippen LogP contribution in [0, 0.1) is 0 Å². The highest BCUT2D eigenvalue weighted by Crippen LogP contribution is 2.39. The summed E-state index contributed by atoms with van der Waals surface area (Å²) in [6, 6.07) is 15.7. The van der Waals surface area contributed by atoms with Crippen LogP contribution in [-0.2, 0) is 11.2 Å². The summed E-state index contributed by atoms with van der Waals surface area (Å²) in [5.74, 6) is 0.526. The second-order valence-electron chi connectivity index (χ2n) is 8.87. The molecule has 2 aromatic rings. The Morgan fingerprint density at radius 2 is 2.00 bits per heavy atom. The number of anilines is 1. The highest BCUT2D eigenvalue weighted by molar-refractivity contribution is 5.88. The number of carbonyl (C=O) groups excluding carboxylic acids is 1. The quantitative estimate of drug-likeness (QED) is 0.628. The fourth-order valence-corrected chi connectivity index (χ4v) is 4.89. The Morgan fingerprint density at radius 3 is 2.79 bits per heavy atom.